The van der Waals surface area contributed by atoms with Gasteiger partial charge in [0.15, 0.2) is 0 Å². The third-order valence-electron chi connectivity index (χ3n) is 2.27. The quantitative estimate of drug-likeness (QED) is 0.701. The molecule has 80 valence electrons. The SMILES string of the molecule is CC(O)C(=O)N1C(=O)OC[C@@H]1C(C)C. The molecule has 0 aromatic heterocycles. The third kappa shape index (κ3) is 1.87. The van der Waals surface area contributed by atoms with Gasteiger partial charge in [-0.25, -0.2) is 9.69 Å². The largest absolute Gasteiger partial charge is 0.447 e. The van der Waals surface area contributed by atoms with Crippen molar-refractivity contribution in [3.63, 3.8) is 0 Å². The number of carbonyl (C=O) groups excluding carboxylic acids is 2. The van der Waals surface area contributed by atoms with E-state index in [0.717, 1.165) is 4.90 Å². The smallest absolute Gasteiger partial charge is 0.417 e. The van der Waals surface area contributed by atoms with Gasteiger partial charge in [-0.1, -0.05) is 13.8 Å². The van der Waals surface area contributed by atoms with Crippen LogP contribution in [0.1, 0.15) is 20.8 Å². The van der Waals surface area contributed by atoms with Crippen LogP contribution < -0.4 is 0 Å². The summed E-state index contributed by atoms with van der Waals surface area (Å²) in [5, 5.41) is 9.10. The topological polar surface area (TPSA) is 66.8 Å². The van der Waals surface area contributed by atoms with Gasteiger partial charge >= 0.3 is 6.09 Å². The highest BCUT2D eigenvalue weighted by Gasteiger charge is 2.40. The highest BCUT2D eigenvalue weighted by atomic mass is 16.6. The predicted molar refractivity (Wildman–Crippen MR) is 48.5 cm³/mol. The fourth-order valence-electron chi connectivity index (χ4n) is 1.38. The predicted octanol–water partition coefficient (Wildman–Crippen LogP) is 0.371. The molecule has 1 aliphatic rings. The van der Waals surface area contributed by atoms with E-state index in [2.05, 4.69) is 0 Å². The number of imide groups is 1. The number of hydrogen-bond donors (Lipinski definition) is 1. The van der Waals surface area contributed by atoms with Crippen LogP contribution in [0.25, 0.3) is 0 Å². The molecular formula is C9H15NO4. The molecule has 1 fully saturated rings. The van der Waals surface area contributed by atoms with E-state index in [9.17, 15) is 9.59 Å². The van der Waals surface area contributed by atoms with Crippen molar-refractivity contribution >= 4 is 12.0 Å². The van der Waals surface area contributed by atoms with Gasteiger partial charge in [-0.3, -0.25) is 4.79 Å². The summed E-state index contributed by atoms with van der Waals surface area (Å²) in [5.41, 5.74) is 0. The number of ether oxygens (including phenoxy) is 1. The second kappa shape index (κ2) is 3.96. The minimum absolute atomic E-state index is 0.129. The summed E-state index contributed by atoms with van der Waals surface area (Å²) in [7, 11) is 0. The maximum Gasteiger partial charge on any atom is 0.417 e. The van der Waals surface area contributed by atoms with Gasteiger partial charge in [0.1, 0.15) is 12.7 Å². The number of aliphatic hydroxyl groups is 1. The van der Waals surface area contributed by atoms with Crippen molar-refractivity contribution in [2.24, 2.45) is 5.92 Å². The highest BCUT2D eigenvalue weighted by molar-refractivity contribution is 5.95. The number of cyclic esters (lactones) is 1. The first-order chi connectivity index (χ1) is 6.45. The Labute approximate surface area is 82.6 Å². The summed E-state index contributed by atoms with van der Waals surface area (Å²) >= 11 is 0. The zero-order valence-electron chi connectivity index (χ0n) is 8.56. The number of aliphatic hydroxyl groups excluding tert-OH is 1. The molecule has 2 amide bonds. The van der Waals surface area contributed by atoms with Gasteiger partial charge in [0, 0.05) is 0 Å². The highest BCUT2D eigenvalue weighted by Crippen LogP contribution is 2.20. The first-order valence-corrected chi connectivity index (χ1v) is 4.63. The summed E-state index contributed by atoms with van der Waals surface area (Å²) in [6.45, 7) is 5.35. The summed E-state index contributed by atoms with van der Waals surface area (Å²) < 4.78 is 4.77. The van der Waals surface area contributed by atoms with Crippen molar-refractivity contribution in [2.75, 3.05) is 6.61 Å². The van der Waals surface area contributed by atoms with Gasteiger partial charge in [-0.15, -0.1) is 0 Å². The van der Waals surface area contributed by atoms with Crippen LogP contribution in [0.2, 0.25) is 0 Å². The molecule has 0 aliphatic carbocycles. The maximum absolute atomic E-state index is 11.4. The third-order valence-corrected chi connectivity index (χ3v) is 2.27. The Kier molecular flexibility index (Phi) is 3.10. The standard InChI is InChI=1S/C9H15NO4/c1-5(2)7-4-14-9(13)10(7)8(12)6(3)11/h5-7,11H,4H2,1-3H3/t6?,7-/m1/s1. The van der Waals surface area contributed by atoms with Crippen LogP contribution in [0.5, 0.6) is 0 Å². The van der Waals surface area contributed by atoms with Gasteiger partial charge in [0.2, 0.25) is 0 Å². The molecule has 1 unspecified atom stereocenters. The van der Waals surface area contributed by atoms with Crippen molar-refractivity contribution in [1.82, 2.24) is 4.90 Å². The van der Waals surface area contributed by atoms with Gasteiger partial charge in [0.05, 0.1) is 6.04 Å². The van der Waals surface area contributed by atoms with Crippen molar-refractivity contribution in [3.8, 4) is 0 Å². The molecule has 1 rings (SSSR count). The first-order valence-electron chi connectivity index (χ1n) is 4.63. The summed E-state index contributed by atoms with van der Waals surface area (Å²) in [6, 6.07) is -0.260. The number of rotatable bonds is 2. The monoisotopic (exact) mass is 201 g/mol. The van der Waals surface area contributed by atoms with Crippen molar-refractivity contribution in [2.45, 2.75) is 32.9 Å². The van der Waals surface area contributed by atoms with E-state index in [0.29, 0.717) is 0 Å². The van der Waals surface area contributed by atoms with Crippen LogP contribution in [-0.2, 0) is 9.53 Å². The molecule has 1 saturated heterocycles. The number of carbonyl (C=O) groups is 2. The molecule has 0 bridgehead atoms. The Balaban J connectivity index is 2.82. The molecule has 1 N–H and O–H groups in total. The molecule has 0 radical (unpaired) electrons. The van der Waals surface area contributed by atoms with E-state index in [1.807, 2.05) is 13.8 Å². The number of amides is 2. The average molecular weight is 201 g/mol. The average Bonchev–Trinajstić information content (AvgIpc) is 2.45. The maximum atomic E-state index is 11.4. The lowest BCUT2D eigenvalue weighted by Crippen LogP contribution is -2.45. The van der Waals surface area contributed by atoms with Crippen LogP contribution >= 0.6 is 0 Å². The van der Waals surface area contributed by atoms with E-state index in [1.165, 1.54) is 6.92 Å². The van der Waals surface area contributed by atoms with Crippen LogP contribution in [0.4, 0.5) is 4.79 Å². The van der Waals surface area contributed by atoms with E-state index in [-0.39, 0.29) is 18.6 Å². The van der Waals surface area contributed by atoms with Crippen molar-refractivity contribution in [3.05, 3.63) is 0 Å². The minimum Gasteiger partial charge on any atom is -0.447 e. The van der Waals surface area contributed by atoms with E-state index < -0.39 is 18.1 Å². The van der Waals surface area contributed by atoms with Crippen molar-refractivity contribution in [1.29, 1.82) is 0 Å². The van der Waals surface area contributed by atoms with E-state index in [1.54, 1.807) is 0 Å². The minimum atomic E-state index is -1.16. The number of nitrogens with zero attached hydrogens (tertiary/aromatic N) is 1. The lowest BCUT2D eigenvalue weighted by atomic mass is 10.0. The first kappa shape index (κ1) is 11.0. The summed E-state index contributed by atoms with van der Waals surface area (Å²) in [6.07, 6.45) is -1.82. The number of hydrogen-bond acceptors (Lipinski definition) is 4. The second-order valence-electron chi connectivity index (χ2n) is 3.77. The zero-order chi connectivity index (χ0) is 10.9. The molecule has 14 heavy (non-hydrogen) atoms. The van der Waals surface area contributed by atoms with E-state index in [4.69, 9.17) is 9.84 Å². The van der Waals surface area contributed by atoms with Gasteiger partial charge in [-0.05, 0) is 12.8 Å². The lowest BCUT2D eigenvalue weighted by molar-refractivity contribution is -0.137. The molecule has 0 saturated carbocycles. The molecule has 0 spiro atoms. The Morgan fingerprint density at radius 1 is 1.57 bits per heavy atom. The van der Waals surface area contributed by atoms with Gasteiger partial charge in [0.25, 0.3) is 5.91 Å². The van der Waals surface area contributed by atoms with Crippen LogP contribution in [0, 0.1) is 5.92 Å². The fourth-order valence-corrected chi connectivity index (χ4v) is 1.38. The molecule has 5 heteroatoms. The van der Waals surface area contributed by atoms with Gasteiger partial charge < -0.3 is 9.84 Å². The molecular weight excluding hydrogens is 186 g/mol. The molecule has 1 aliphatic heterocycles. The molecule has 1 heterocycles. The van der Waals surface area contributed by atoms with E-state index >= 15 is 0 Å². The Bertz CT molecular complexity index is 249. The molecule has 0 aromatic carbocycles. The normalized spacial score (nSPS) is 23.9. The Morgan fingerprint density at radius 2 is 2.14 bits per heavy atom. The second-order valence-corrected chi connectivity index (χ2v) is 3.77. The van der Waals surface area contributed by atoms with Crippen LogP contribution in [-0.4, -0.2) is 40.8 Å². The summed E-state index contributed by atoms with van der Waals surface area (Å²) in [4.78, 5) is 23.7. The van der Waals surface area contributed by atoms with Crippen LogP contribution in [0.15, 0.2) is 0 Å². The molecule has 5 nitrogen and oxygen atoms in total. The molecule has 0 aromatic rings. The van der Waals surface area contributed by atoms with Crippen LogP contribution in [0.3, 0.4) is 0 Å². The van der Waals surface area contributed by atoms with Gasteiger partial charge in [-0.2, -0.15) is 0 Å². The van der Waals surface area contributed by atoms with Crippen molar-refractivity contribution < 1.29 is 19.4 Å². The Morgan fingerprint density at radius 3 is 2.57 bits per heavy atom. The fraction of sp³-hybridized carbons (Fsp3) is 0.778. The Hall–Kier alpha value is -1.10. The molecule has 2 atom stereocenters. The lowest BCUT2D eigenvalue weighted by Gasteiger charge is -2.23. The zero-order valence-corrected chi connectivity index (χ0v) is 8.56. The summed E-state index contributed by atoms with van der Waals surface area (Å²) in [5.74, 6) is -0.463.